The number of nitrogens with one attached hydrogen (secondary N) is 1. The first kappa shape index (κ1) is 10.4. The highest BCUT2D eigenvalue weighted by atomic mass is 19.1. The van der Waals surface area contributed by atoms with Crippen molar-refractivity contribution >= 4 is 5.91 Å². The fourth-order valence-electron chi connectivity index (χ4n) is 1.66. The number of carbonyl (C=O) groups excluding carboxylic acids is 1. The molecule has 76 valence electrons. The van der Waals surface area contributed by atoms with E-state index in [1.807, 2.05) is 0 Å². The van der Waals surface area contributed by atoms with Crippen molar-refractivity contribution in [1.29, 1.82) is 0 Å². The van der Waals surface area contributed by atoms with Crippen molar-refractivity contribution in [2.45, 2.75) is 37.8 Å². The smallest absolute Gasteiger partial charge is 0.257 e. The normalized spacial score (nSPS) is 21.1. The monoisotopic (exact) mass is 191 g/mol. The molecule has 0 spiro atoms. The Balaban J connectivity index is 2.42. The van der Waals surface area contributed by atoms with Gasteiger partial charge in [0.05, 0.1) is 0 Å². The maximum absolute atomic E-state index is 13.8. The molecule has 0 aromatic carbocycles. The Morgan fingerprint density at radius 3 is 2.46 bits per heavy atom. The molecular formula is C9H15F2NO. The first-order chi connectivity index (χ1) is 6.19. The highest BCUT2D eigenvalue weighted by Gasteiger charge is 2.39. The Labute approximate surface area is 76.7 Å². The standard InChI is InChI=1S/C9H15F2NO/c10-6-7-12-8(13)9(11)4-2-1-3-5-9/h1-7H2,(H,12,13). The third kappa shape index (κ3) is 2.64. The average Bonchev–Trinajstić information content (AvgIpc) is 2.15. The van der Waals surface area contributed by atoms with E-state index in [4.69, 9.17) is 0 Å². The van der Waals surface area contributed by atoms with Gasteiger partial charge in [0, 0.05) is 6.54 Å². The van der Waals surface area contributed by atoms with Crippen LogP contribution in [0.1, 0.15) is 32.1 Å². The zero-order valence-corrected chi connectivity index (χ0v) is 7.61. The second-order valence-electron chi connectivity index (χ2n) is 3.47. The predicted molar refractivity (Wildman–Crippen MR) is 45.9 cm³/mol. The number of amides is 1. The third-order valence-electron chi connectivity index (χ3n) is 2.43. The van der Waals surface area contributed by atoms with Crippen LogP contribution < -0.4 is 5.32 Å². The molecule has 2 nitrogen and oxygen atoms in total. The van der Waals surface area contributed by atoms with E-state index in [0.717, 1.165) is 19.3 Å². The minimum absolute atomic E-state index is 0.0789. The molecule has 0 aliphatic heterocycles. The van der Waals surface area contributed by atoms with E-state index in [0.29, 0.717) is 0 Å². The van der Waals surface area contributed by atoms with Crippen LogP contribution in [0, 0.1) is 0 Å². The summed E-state index contributed by atoms with van der Waals surface area (Å²) in [6.07, 6.45) is 3.05. The first-order valence-corrected chi connectivity index (χ1v) is 4.72. The topological polar surface area (TPSA) is 29.1 Å². The molecular weight excluding hydrogens is 176 g/mol. The van der Waals surface area contributed by atoms with Crippen molar-refractivity contribution in [3.63, 3.8) is 0 Å². The van der Waals surface area contributed by atoms with Gasteiger partial charge in [-0.3, -0.25) is 4.79 Å². The van der Waals surface area contributed by atoms with Crippen molar-refractivity contribution in [3.05, 3.63) is 0 Å². The Morgan fingerprint density at radius 2 is 1.92 bits per heavy atom. The molecule has 1 N–H and O–H groups in total. The highest BCUT2D eigenvalue weighted by molar-refractivity contribution is 5.85. The largest absolute Gasteiger partial charge is 0.351 e. The van der Waals surface area contributed by atoms with Crippen molar-refractivity contribution in [2.75, 3.05) is 13.2 Å². The van der Waals surface area contributed by atoms with Crippen molar-refractivity contribution in [1.82, 2.24) is 5.32 Å². The molecule has 1 rings (SSSR count). The van der Waals surface area contributed by atoms with E-state index >= 15 is 0 Å². The number of halogens is 2. The van der Waals surface area contributed by atoms with Gasteiger partial charge >= 0.3 is 0 Å². The van der Waals surface area contributed by atoms with Gasteiger partial charge in [-0.1, -0.05) is 6.42 Å². The molecule has 13 heavy (non-hydrogen) atoms. The third-order valence-corrected chi connectivity index (χ3v) is 2.43. The van der Waals surface area contributed by atoms with Gasteiger partial charge in [0.1, 0.15) is 6.67 Å². The summed E-state index contributed by atoms with van der Waals surface area (Å²) in [6.45, 7) is -0.716. The summed E-state index contributed by atoms with van der Waals surface area (Å²) in [5, 5.41) is 2.25. The molecule has 0 bridgehead atoms. The van der Waals surface area contributed by atoms with Crippen LogP contribution in [0.2, 0.25) is 0 Å². The maximum Gasteiger partial charge on any atom is 0.257 e. The maximum atomic E-state index is 13.8. The number of alkyl halides is 2. The number of carbonyl (C=O) groups is 1. The summed E-state index contributed by atoms with van der Waals surface area (Å²) in [7, 11) is 0. The van der Waals surface area contributed by atoms with Gasteiger partial charge in [-0.2, -0.15) is 0 Å². The number of hydrogen-bond acceptors (Lipinski definition) is 1. The summed E-state index contributed by atoms with van der Waals surface area (Å²) >= 11 is 0. The molecule has 0 aromatic heterocycles. The molecule has 0 aromatic rings. The quantitative estimate of drug-likeness (QED) is 0.723. The summed E-state index contributed by atoms with van der Waals surface area (Å²) in [5.41, 5.74) is -1.73. The molecule has 0 saturated heterocycles. The molecule has 0 unspecified atom stereocenters. The van der Waals surface area contributed by atoms with Gasteiger partial charge in [-0.15, -0.1) is 0 Å². The van der Waals surface area contributed by atoms with E-state index in [1.54, 1.807) is 0 Å². The second-order valence-corrected chi connectivity index (χ2v) is 3.47. The van der Waals surface area contributed by atoms with E-state index in [-0.39, 0.29) is 19.4 Å². The minimum Gasteiger partial charge on any atom is -0.351 e. The van der Waals surface area contributed by atoms with Crippen molar-refractivity contribution in [3.8, 4) is 0 Å². The molecule has 1 aliphatic carbocycles. The molecule has 0 atom stereocenters. The lowest BCUT2D eigenvalue weighted by atomic mass is 9.86. The zero-order valence-electron chi connectivity index (χ0n) is 7.61. The van der Waals surface area contributed by atoms with Crippen LogP contribution >= 0.6 is 0 Å². The van der Waals surface area contributed by atoms with E-state index in [1.165, 1.54) is 0 Å². The molecule has 0 radical (unpaired) electrons. The van der Waals surface area contributed by atoms with Crippen LogP contribution in [0.5, 0.6) is 0 Å². The lowest BCUT2D eigenvalue weighted by Crippen LogP contribution is -2.45. The molecule has 4 heteroatoms. The summed E-state index contributed by atoms with van der Waals surface area (Å²) in [4.78, 5) is 11.2. The summed E-state index contributed by atoms with van der Waals surface area (Å²) in [5.74, 6) is -0.634. The van der Waals surface area contributed by atoms with Crippen molar-refractivity contribution in [2.24, 2.45) is 0 Å². The van der Waals surface area contributed by atoms with E-state index < -0.39 is 18.3 Å². The van der Waals surface area contributed by atoms with Crippen LogP contribution in [0.25, 0.3) is 0 Å². The molecule has 0 heterocycles. The van der Waals surface area contributed by atoms with E-state index in [2.05, 4.69) is 5.32 Å². The van der Waals surface area contributed by atoms with Gasteiger partial charge in [0.2, 0.25) is 0 Å². The number of rotatable bonds is 3. The summed E-state index contributed by atoms with van der Waals surface area (Å²) < 4.78 is 25.5. The zero-order chi connectivity index (χ0) is 9.73. The average molecular weight is 191 g/mol. The Bertz CT molecular complexity index is 178. The molecule has 1 aliphatic rings. The predicted octanol–water partition coefficient (Wildman–Crippen LogP) is 1.74. The van der Waals surface area contributed by atoms with Crippen LogP contribution in [-0.2, 0) is 4.79 Å². The Hall–Kier alpha value is -0.670. The fraction of sp³-hybridized carbons (Fsp3) is 0.889. The van der Waals surface area contributed by atoms with Crippen LogP contribution in [0.3, 0.4) is 0 Å². The second kappa shape index (κ2) is 4.53. The molecule has 1 fully saturated rings. The van der Waals surface area contributed by atoms with Gasteiger partial charge in [-0.25, -0.2) is 8.78 Å². The lowest BCUT2D eigenvalue weighted by Gasteiger charge is -2.27. The van der Waals surface area contributed by atoms with Gasteiger partial charge in [0.15, 0.2) is 5.67 Å². The molecule has 1 saturated carbocycles. The lowest BCUT2D eigenvalue weighted by molar-refractivity contribution is -0.135. The van der Waals surface area contributed by atoms with E-state index in [9.17, 15) is 13.6 Å². The summed E-state index contributed by atoms with van der Waals surface area (Å²) in [6, 6.07) is 0. The van der Waals surface area contributed by atoms with Crippen LogP contribution in [0.4, 0.5) is 8.78 Å². The number of hydrogen-bond donors (Lipinski definition) is 1. The van der Waals surface area contributed by atoms with Gasteiger partial charge < -0.3 is 5.32 Å². The first-order valence-electron chi connectivity index (χ1n) is 4.72. The van der Waals surface area contributed by atoms with Crippen LogP contribution in [0.15, 0.2) is 0 Å². The highest BCUT2D eigenvalue weighted by Crippen LogP contribution is 2.31. The van der Waals surface area contributed by atoms with Crippen molar-refractivity contribution < 1.29 is 13.6 Å². The minimum atomic E-state index is -1.73. The Kier molecular flexibility index (Phi) is 3.63. The van der Waals surface area contributed by atoms with Crippen LogP contribution in [-0.4, -0.2) is 24.8 Å². The SMILES string of the molecule is O=C(NCCF)C1(F)CCCCC1. The van der Waals surface area contributed by atoms with Gasteiger partial charge in [-0.05, 0) is 25.7 Å². The molecule has 1 amide bonds. The fourth-order valence-corrected chi connectivity index (χ4v) is 1.66. The van der Waals surface area contributed by atoms with Gasteiger partial charge in [0.25, 0.3) is 5.91 Å². The Morgan fingerprint density at radius 1 is 1.31 bits per heavy atom.